The predicted octanol–water partition coefficient (Wildman–Crippen LogP) is 3.73. The topological polar surface area (TPSA) is 105 Å². The van der Waals surface area contributed by atoms with Gasteiger partial charge >= 0.3 is 0 Å². The number of benzene rings is 1. The van der Waals surface area contributed by atoms with Crippen molar-refractivity contribution >= 4 is 17.3 Å². The Morgan fingerprint density at radius 2 is 2.04 bits per heavy atom. The third-order valence-corrected chi connectivity index (χ3v) is 4.64. The molecule has 138 valence electrons. The lowest BCUT2D eigenvalue weighted by Crippen LogP contribution is -2.11. The summed E-state index contributed by atoms with van der Waals surface area (Å²) in [5, 5.41) is 12.8. The molecule has 4 aromatic rings. The minimum atomic E-state index is -0.0475. The number of nitrogen functional groups attached to an aromatic ring is 1. The smallest absolute Gasteiger partial charge is 0.223 e. The number of aryl methyl sites for hydroxylation is 1. The lowest BCUT2D eigenvalue weighted by atomic mass is 10.1. The second-order valence-electron chi connectivity index (χ2n) is 6.63. The predicted molar refractivity (Wildman–Crippen MR) is 109 cm³/mol. The minimum Gasteiger partial charge on any atom is -0.399 e. The minimum absolute atomic E-state index is 0.0475. The van der Waals surface area contributed by atoms with Gasteiger partial charge in [-0.3, -0.25) is 4.40 Å². The number of hydrogen-bond acceptors (Lipinski definition) is 6. The van der Waals surface area contributed by atoms with Gasteiger partial charge in [-0.1, -0.05) is 18.2 Å². The molecule has 7 nitrogen and oxygen atoms in total. The van der Waals surface area contributed by atoms with Gasteiger partial charge in [0.1, 0.15) is 17.4 Å². The molecule has 0 bridgehead atoms. The summed E-state index contributed by atoms with van der Waals surface area (Å²) in [5.41, 5.74) is 11.2. The van der Waals surface area contributed by atoms with Crippen molar-refractivity contribution in [3.05, 3.63) is 71.7 Å². The number of nitrogens with one attached hydrogen (secondary N) is 1. The van der Waals surface area contributed by atoms with E-state index in [1.807, 2.05) is 60.8 Å². The maximum absolute atomic E-state index is 9.53. The monoisotopic (exact) mass is 369 g/mol. The zero-order valence-electron chi connectivity index (χ0n) is 15.6. The molecule has 1 atom stereocenters. The fourth-order valence-electron chi connectivity index (χ4n) is 3.16. The second-order valence-corrected chi connectivity index (χ2v) is 6.63. The van der Waals surface area contributed by atoms with Crippen LogP contribution in [-0.2, 0) is 0 Å². The third-order valence-electron chi connectivity index (χ3n) is 4.64. The van der Waals surface area contributed by atoms with Crippen LogP contribution in [0, 0.1) is 18.3 Å². The summed E-state index contributed by atoms with van der Waals surface area (Å²) in [6.07, 6.45) is 5.18. The van der Waals surface area contributed by atoms with Crippen molar-refractivity contribution in [1.82, 2.24) is 19.4 Å². The Morgan fingerprint density at radius 3 is 2.82 bits per heavy atom. The first-order chi connectivity index (χ1) is 13.6. The first-order valence-corrected chi connectivity index (χ1v) is 8.89. The molecule has 7 heteroatoms. The highest BCUT2D eigenvalue weighted by Crippen LogP contribution is 2.26. The summed E-state index contributed by atoms with van der Waals surface area (Å²) in [6, 6.07) is 13.7. The van der Waals surface area contributed by atoms with Gasteiger partial charge in [0.05, 0.1) is 29.7 Å². The zero-order chi connectivity index (χ0) is 19.7. The number of aromatic nitrogens is 4. The number of nitrogens with zero attached hydrogens (tertiary/aromatic N) is 5. The Hall–Kier alpha value is -3.92. The van der Waals surface area contributed by atoms with Gasteiger partial charge in [0.15, 0.2) is 0 Å². The molecule has 0 spiro atoms. The Morgan fingerprint density at radius 1 is 1.18 bits per heavy atom. The molecular weight excluding hydrogens is 350 g/mol. The third kappa shape index (κ3) is 3.12. The number of nitrogens with two attached hydrogens (primary N) is 1. The fourth-order valence-corrected chi connectivity index (χ4v) is 3.16. The Balaban J connectivity index is 1.74. The van der Waals surface area contributed by atoms with Gasteiger partial charge in [-0.15, -0.1) is 0 Å². The Labute approximate surface area is 162 Å². The van der Waals surface area contributed by atoms with E-state index < -0.39 is 0 Å². The van der Waals surface area contributed by atoms with Crippen LogP contribution in [0.3, 0.4) is 0 Å². The van der Waals surface area contributed by atoms with Crippen molar-refractivity contribution in [1.29, 1.82) is 5.26 Å². The maximum atomic E-state index is 9.53. The maximum Gasteiger partial charge on any atom is 0.223 e. The molecule has 28 heavy (non-hydrogen) atoms. The first-order valence-electron chi connectivity index (χ1n) is 8.89. The van der Waals surface area contributed by atoms with Crippen molar-refractivity contribution in [3.8, 4) is 17.5 Å². The number of nitriles is 1. The van der Waals surface area contributed by atoms with Gasteiger partial charge in [0, 0.05) is 11.9 Å². The molecule has 0 amide bonds. The van der Waals surface area contributed by atoms with E-state index in [4.69, 9.17) is 5.73 Å². The average molecular weight is 369 g/mol. The molecule has 0 radical (unpaired) electrons. The first kappa shape index (κ1) is 17.5. The summed E-state index contributed by atoms with van der Waals surface area (Å²) < 4.78 is 1.93. The Kier molecular flexibility index (Phi) is 4.38. The van der Waals surface area contributed by atoms with Crippen LogP contribution in [0.25, 0.3) is 17.0 Å². The number of hydrogen-bond donors (Lipinski definition) is 2. The van der Waals surface area contributed by atoms with Gasteiger partial charge in [0.2, 0.25) is 5.95 Å². The number of anilines is 2. The number of rotatable bonds is 4. The van der Waals surface area contributed by atoms with E-state index in [2.05, 4.69) is 26.3 Å². The summed E-state index contributed by atoms with van der Waals surface area (Å²) in [6.45, 7) is 4.01. The molecule has 3 aromatic heterocycles. The SMILES string of the molecule is Cc1cccn2c(-c3nc(N[C@@H](C)c4cccc(N)c4)ncc3C#N)cnc12. The highest BCUT2D eigenvalue weighted by atomic mass is 15.1. The molecule has 0 saturated carbocycles. The van der Waals surface area contributed by atoms with E-state index in [-0.39, 0.29) is 6.04 Å². The molecule has 3 N–H and O–H groups in total. The molecule has 0 saturated heterocycles. The largest absolute Gasteiger partial charge is 0.399 e. The van der Waals surface area contributed by atoms with Crippen molar-refractivity contribution in [2.75, 3.05) is 11.1 Å². The highest BCUT2D eigenvalue weighted by Gasteiger charge is 2.16. The van der Waals surface area contributed by atoms with Crippen LogP contribution in [0.5, 0.6) is 0 Å². The molecular formula is C21H19N7. The lowest BCUT2D eigenvalue weighted by Gasteiger charge is -2.15. The van der Waals surface area contributed by atoms with Gasteiger partial charge in [-0.25, -0.2) is 15.0 Å². The highest BCUT2D eigenvalue weighted by molar-refractivity contribution is 5.68. The molecule has 0 unspecified atom stereocenters. The summed E-state index contributed by atoms with van der Waals surface area (Å²) >= 11 is 0. The standard InChI is InChI=1S/C21H19N7/c1-13-5-4-8-28-18(12-24-20(13)28)19-16(10-22)11-25-21(27-19)26-14(2)15-6-3-7-17(23)9-15/h3-9,11-12,14H,23H2,1-2H3,(H,25,26,27)/t14-/m0/s1. The zero-order valence-corrected chi connectivity index (χ0v) is 15.6. The number of pyridine rings is 1. The van der Waals surface area contributed by atoms with Crippen LogP contribution in [0.4, 0.5) is 11.6 Å². The van der Waals surface area contributed by atoms with Crippen LogP contribution in [0.15, 0.2) is 55.0 Å². The van der Waals surface area contributed by atoms with Crippen molar-refractivity contribution in [3.63, 3.8) is 0 Å². The van der Waals surface area contributed by atoms with Crippen LogP contribution in [0.1, 0.15) is 29.7 Å². The second kappa shape index (κ2) is 7.00. The van der Waals surface area contributed by atoms with Crippen LogP contribution < -0.4 is 11.1 Å². The molecule has 0 aliphatic heterocycles. The van der Waals surface area contributed by atoms with E-state index in [9.17, 15) is 5.26 Å². The molecule has 0 aliphatic rings. The molecule has 4 rings (SSSR count). The van der Waals surface area contributed by atoms with Crippen LogP contribution in [0.2, 0.25) is 0 Å². The summed E-state index contributed by atoms with van der Waals surface area (Å²) in [4.78, 5) is 13.4. The van der Waals surface area contributed by atoms with Gasteiger partial charge < -0.3 is 11.1 Å². The van der Waals surface area contributed by atoms with E-state index in [1.165, 1.54) is 6.20 Å². The normalized spacial score (nSPS) is 11.9. The summed E-state index contributed by atoms with van der Waals surface area (Å²) in [5.74, 6) is 0.437. The van der Waals surface area contributed by atoms with Crippen molar-refractivity contribution in [2.24, 2.45) is 0 Å². The van der Waals surface area contributed by atoms with Crippen molar-refractivity contribution < 1.29 is 0 Å². The van der Waals surface area contributed by atoms with Gasteiger partial charge in [-0.2, -0.15) is 5.26 Å². The van der Waals surface area contributed by atoms with E-state index in [0.717, 1.165) is 22.5 Å². The van der Waals surface area contributed by atoms with Crippen LogP contribution in [-0.4, -0.2) is 19.4 Å². The number of imidazole rings is 1. The lowest BCUT2D eigenvalue weighted by molar-refractivity contribution is 0.860. The fraction of sp³-hybridized carbons (Fsp3) is 0.143. The van der Waals surface area contributed by atoms with Crippen molar-refractivity contribution in [2.45, 2.75) is 19.9 Å². The number of fused-ring (bicyclic) bond motifs is 1. The Bertz CT molecular complexity index is 1200. The molecule has 0 aliphatic carbocycles. The van der Waals surface area contributed by atoms with E-state index in [0.29, 0.717) is 22.9 Å². The van der Waals surface area contributed by atoms with Gasteiger partial charge in [0.25, 0.3) is 0 Å². The van der Waals surface area contributed by atoms with Gasteiger partial charge in [-0.05, 0) is 43.2 Å². The quantitative estimate of drug-likeness (QED) is 0.531. The molecule has 0 fully saturated rings. The van der Waals surface area contributed by atoms with E-state index >= 15 is 0 Å². The summed E-state index contributed by atoms with van der Waals surface area (Å²) in [7, 11) is 0. The average Bonchev–Trinajstić information content (AvgIpc) is 3.13. The molecule has 1 aromatic carbocycles. The van der Waals surface area contributed by atoms with E-state index in [1.54, 1.807) is 6.20 Å². The van der Waals surface area contributed by atoms with Crippen LogP contribution >= 0.6 is 0 Å². The molecule has 3 heterocycles.